The van der Waals surface area contributed by atoms with Crippen molar-refractivity contribution in [3.8, 4) is 0 Å². The zero-order valence-corrected chi connectivity index (χ0v) is 11.5. The Morgan fingerprint density at radius 2 is 1.82 bits per heavy atom. The van der Waals surface area contributed by atoms with E-state index >= 15 is 0 Å². The van der Waals surface area contributed by atoms with E-state index in [1.807, 2.05) is 13.8 Å². The van der Waals surface area contributed by atoms with Crippen molar-refractivity contribution in [2.45, 2.75) is 52.1 Å². The van der Waals surface area contributed by atoms with Crippen LogP contribution in [0.5, 0.6) is 0 Å². The lowest BCUT2D eigenvalue weighted by Crippen LogP contribution is -2.28. The van der Waals surface area contributed by atoms with Crippen molar-refractivity contribution in [1.29, 1.82) is 0 Å². The molecule has 4 nitrogen and oxygen atoms in total. The van der Waals surface area contributed by atoms with Crippen LogP contribution >= 0.6 is 0 Å². The van der Waals surface area contributed by atoms with Gasteiger partial charge in [-0.25, -0.2) is 8.42 Å². The average molecular weight is 262 g/mol. The van der Waals surface area contributed by atoms with E-state index in [1.54, 1.807) is 0 Å². The van der Waals surface area contributed by atoms with Gasteiger partial charge in [0.15, 0.2) is 9.84 Å². The zero-order valence-electron chi connectivity index (χ0n) is 10.6. The zero-order chi connectivity index (χ0) is 12.9. The maximum absolute atomic E-state index is 11.6. The summed E-state index contributed by atoms with van der Waals surface area (Å²) < 4.78 is 28.4. The van der Waals surface area contributed by atoms with Crippen LogP contribution < -0.4 is 0 Å². The van der Waals surface area contributed by atoms with E-state index in [9.17, 15) is 13.2 Å². The van der Waals surface area contributed by atoms with Crippen molar-refractivity contribution < 1.29 is 17.9 Å². The predicted octanol–water partition coefficient (Wildman–Crippen LogP) is 1.93. The lowest BCUT2D eigenvalue weighted by atomic mass is 9.98. The number of carbonyl (C=O) groups is 1. The molecule has 1 fully saturated rings. The third-order valence-electron chi connectivity index (χ3n) is 2.78. The van der Waals surface area contributed by atoms with Gasteiger partial charge >= 0.3 is 5.97 Å². The number of hydrogen-bond donors (Lipinski definition) is 0. The van der Waals surface area contributed by atoms with Gasteiger partial charge in [0, 0.05) is 0 Å². The quantitative estimate of drug-likeness (QED) is 0.710. The number of ether oxygens (including phenoxy) is 1. The molecule has 100 valence electrons. The fraction of sp³-hybridized carbons (Fsp3) is 0.917. The van der Waals surface area contributed by atoms with Gasteiger partial charge in [0.1, 0.15) is 11.9 Å². The van der Waals surface area contributed by atoms with Crippen molar-refractivity contribution in [1.82, 2.24) is 0 Å². The van der Waals surface area contributed by atoms with Gasteiger partial charge in [0.25, 0.3) is 0 Å². The summed E-state index contributed by atoms with van der Waals surface area (Å²) in [5.74, 6) is -0.964. The molecule has 0 aromatic heterocycles. The molecule has 0 heterocycles. The molecule has 0 unspecified atom stereocenters. The molecule has 5 heteroatoms. The largest absolute Gasteiger partial charge is 0.462 e. The summed E-state index contributed by atoms with van der Waals surface area (Å²) in [5.41, 5.74) is 0. The molecule has 1 saturated carbocycles. The monoisotopic (exact) mass is 262 g/mol. The lowest BCUT2D eigenvalue weighted by Gasteiger charge is -2.21. The topological polar surface area (TPSA) is 60.4 Å². The highest BCUT2D eigenvalue weighted by molar-refractivity contribution is 7.92. The van der Waals surface area contributed by atoms with E-state index < -0.39 is 21.6 Å². The van der Waals surface area contributed by atoms with Gasteiger partial charge in [0.05, 0.1) is 5.75 Å². The Balaban J connectivity index is 2.38. The number of esters is 1. The van der Waals surface area contributed by atoms with Crippen molar-refractivity contribution in [3.05, 3.63) is 0 Å². The SMILES string of the molecule is CC(C)CS(=O)(=O)CC(=O)OC1CCCCC1. The minimum absolute atomic E-state index is 0.0440. The highest BCUT2D eigenvalue weighted by Crippen LogP contribution is 2.20. The Labute approximate surface area is 104 Å². The van der Waals surface area contributed by atoms with Gasteiger partial charge in [-0.2, -0.15) is 0 Å². The second-order valence-electron chi connectivity index (χ2n) is 5.20. The second kappa shape index (κ2) is 6.38. The highest BCUT2D eigenvalue weighted by Gasteiger charge is 2.23. The Kier molecular flexibility index (Phi) is 5.43. The van der Waals surface area contributed by atoms with Gasteiger partial charge in [-0.3, -0.25) is 4.79 Å². The van der Waals surface area contributed by atoms with Gasteiger partial charge in [-0.05, 0) is 31.6 Å². The van der Waals surface area contributed by atoms with Crippen molar-refractivity contribution in [2.75, 3.05) is 11.5 Å². The molecule has 0 amide bonds. The van der Waals surface area contributed by atoms with E-state index in [4.69, 9.17) is 4.74 Å². The first-order chi connectivity index (χ1) is 7.89. The molecular weight excluding hydrogens is 240 g/mol. The molecule has 0 spiro atoms. The number of carbonyl (C=O) groups excluding carboxylic acids is 1. The van der Waals surface area contributed by atoms with E-state index in [1.165, 1.54) is 6.42 Å². The van der Waals surface area contributed by atoms with Gasteiger partial charge < -0.3 is 4.74 Å². The smallest absolute Gasteiger partial charge is 0.321 e. The Hall–Kier alpha value is -0.580. The normalized spacial score (nSPS) is 18.3. The molecule has 0 N–H and O–H groups in total. The van der Waals surface area contributed by atoms with Crippen LogP contribution in [-0.4, -0.2) is 32.0 Å². The second-order valence-corrected chi connectivity index (χ2v) is 7.31. The molecule has 0 aliphatic heterocycles. The van der Waals surface area contributed by atoms with Crippen LogP contribution in [0.4, 0.5) is 0 Å². The summed E-state index contributed by atoms with van der Waals surface area (Å²) >= 11 is 0. The van der Waals surface area contributed by atoms with Crippen LogP contribution in [0.25, 0.3) is 0 Å². The molecule has 0 radical (unpaired) electrons. The third kappa shape index (κ3) is 6.05. The van der Waals surface area contributed by atoms with Crippen molar-refractivity contribution in [2.24, 2.45) is 5.92 Å². The van der Waals surface area contributed by atoms with Crippen LogP contribution in [-0.2, 0) is 19.4 Å². The summed E-state index contributed by atoms with van der Waals surface area (Å²) in [7, 11) is -3.31. The van der Waals surface area contributed by atoms with Crippen molar-refractivity contribution >= 4 is 15.8 Å². The van der Waals surface area contributed by atoms with Crippen LogP contribution in [0, 0.1) is 5.92 Å². The van der Waals surface area contributed by atoms with Gasteiger partial charge in [0.2, 0.25) is 0 Å². The van der Waals surface area contributed by atoms with Gasteiger partial charge in [-0.15, -0.1) is 0 Å². The molecular formula is C12H22O4S. The Bertz CT molecular complexity index is 340. The first-order valence-electron chi connectivity index (χ1n) is 6.29. The average Bonchev–Trinajstić information content (AvgIpc) is 2.15. The standard InChI is InChI=1S/C12H22O4S/c1-10(2)8-17(14,15)9-12(13)16-11-6-4-3-5-7-11/h10-11H,3-9H2,1-2H3. The molecule has 0 saturated heterocycles. The molecule has 1 rings (SSSR count). The van der Waals surface area contributed by atoms with Crippen LogP contribution in [0.2, 0.25) is 0 Å². The summed E-state index contributed by atoms with van der Waals surface area (Å²) in [6, 6.07) is 0. The van der Waals surface area contributed by atoms with Crippen LogP contribution in [0.1, 0.15) is 46.0 Å². The fourth-order valence-corrected chi connectivity index (χ4v) is 3.71. The van der Waals surface area contributed by atoms with E-state index in [0.29, 0.717) is 0 Å². The molecule has 1 aliphatic rings. The maximum Gasteiger partial charge on any atom is 0.321 e. The highest BCUT2D eigenvalue weighted by atomic mass is 32.2. The molecule has 0 bridgehead atoms. The molecule has 0 aromatic rings. The molecule has 0 aromatic carbocycles. The molecule has 0 atom stereocenters. The minimum atomic E-state index is -3.31. The first-order valence-corrected chi connectivity index (χ1v) is 8.11. The Morgan fingerprint density at radius 1 is 1.24 bits per heavy atom. The van der Waals surface area contributed by atoms with Crippen molar-refractivity contribution in [3.63, 3.8) is 0 Å². The summed E-state index contributed by atoms with van der Waals surface area (Å²) in [6.45, 7) is 3.65. The van der Waals surface area contributed by atoms with Crippen LogP contribution in [0.15, 0.2) is 0 Å². The number of sulfone groups is 1. The minimum Gasteiger partial charge on any atom is -0.462 e. The third-order valence-corrected chi connectivity index (χ3v) is 4.63. The van der Waals surface area contributed by atoms with Gasteiger partial charge in [-0.1, -0.05) is 20.3 Å². The summed E-state index contributed by atoms with van der Waals surface area (Å²) in [6.07, 6.45) is 4.99. The number of hydrogen-bond acceptors (Lipinski definition) is 4. The first kappa shape index (κ1) is 14.5. The maximum atomic E-state index is 11.6. The van der Waals surface area contributed by atoms with E-state index in [0.717, 1.165) is 25.7 Å². The number of rotatable bonds is 5. The molecule has 1 aliphatic carbocycles. The summed E-state index contributed by atoms with van der Waals surface area (Å²) in [5, 5.41) is 0. The van der Waals surface area contributed by atoms with E-state index in [2.05, 4.69) is 0 Å². The summed E-state index contributed by atoms with van der Waals surface area (Å²) in [4.78, 5) is 11.5. The predicted molar refractivity (Wildman–Crippen MR) is 66.5 cm³/mol. The van der Waals surface area contributed by atoms with Crippen LogP contribution in [0.3, 0.4) is 0 Å². The molecule has 17 heavy (non-hydrogen) atoms. The Morgan fingerprint density at radius 3 is 2.35 bits per heavy atom. The fourth-order valence-electron chi connectivity index (χ4n) is 2.15. The van der Waals surface area contributed by atoms with E-state index in [-0.39, 0.29) is 17.8 Å². The lowest BCUT2D eigenvalue weighted by molar-refractivity contribution is -0.147.